The Hall–Kier alpha value is -0.810. The van der Waals surface area contributed by atoms with Gasteiger partial charge in [-0.1, -0.05) is 12.8 Å². The molecular weight excluding hydrogens is 278 g/mol. The molecule has 0 saturated carbocycles. The molecular formula is C14H26ClN3O2. The number of carbonyl (C=O) groups is 2. The minimum atomic E-state index is 0. The lowest BCUT2D eigenvalue weighted by atomic mass is 10.1. The van der Waals surface area contributed by atoms with E-state index in [-0.39, 0.29) is 36.8 Å². The molecule has 20 heavy (non-hydrogen) atoms. The molecule has 2 fully saturated rings. The summed E-state index contributed by atoms with van der Waals surface area (Å²) in [6.45, 7) is 2.47. The zero-order valence-corrected chi connectivity index (χ0v) is 12.9. The summed E-state index contributed by atoms with van der Waals surface area (Å²) in [5, 5.41) is 0. The van der Waals surface area contributed by atoms with Crippen LogP contribution in [0.2, 0.25) is 0 Å². The van der Waals surface area contributed by atoms with E-state index in [1.807, 2.05) is 4.90 Å². The molecule has 2 rings (SSSR count). The predicted octanol–water partition coefficient (Wildman–Crippen LogP) is 1.15. The Morgan fingerprint density at radius 2 is 1.75 bits per heavy atom. The second kappa shape index (κ2) is 8.47. The van der Waals surface area contributed by atoms with Crippen molar-refractivity contribution in [3.05, 3.63) is 0 Å². The second-order valence-electron chi connectivity index (χ2n) is 5.70. The molecule has 6 heteroatoms. The highest BCUT2D eigenvalue weighted by atomic mass is 35.5. The van der Waals surface area contributed by atoms with Crippen LogP contribution in [-0.4, -0.2) is 53.8 Å². The van der Waals surface area contributed by atoms with Gasteiger partial charge in [-0.2, -0.15) is 0 Å². The largest absolute Gasteiger partial charge is 0.341 e. The molecule has 0 radical (unpaired) electrons. The first-order chi connectivity index (χ1) is 9.16. The number of amides is 2. The van der Waals surface area contributed by atoms with Crippen LogP contribution >= 0.6 is 12.4 Å². The van der Waals surface area contributed by atoms with Crippen molar-refractivity contribution in [3.8, 4) is 0 Å². The number of hydrogen-bond donors (Lipinski definition) is 1. The predicted molar refractivity (Wildman–Crippen MR) is 80.7 cm³/mol. The number of carbonyl (C=O) groups excluding carboxylic acids is 2. The van der Waals surface area contributed by atoms with E-state index < -0.39 is 0 Å². The summed E-state index contributed by atoms with van der Waals surface area (Å²) in [7, 11) is 0. The van der Waals surface area contributed by atoms with E-state index in [1.54, 1.807) is 4.90 Å². The Labute approximate surface area is 127 Å². The number of likely N-dealkylation sites (tertiary alicyclic amines) is 2. The molecule has 2 aliphatic rings. The summed E-state index contributed by atoms with van der Waals surface area (Å²) < 4.78 is 0. The molecule has 5 nitrogen and oxygen atoms in total. The number of hydrogen-bond acceptors (Lipinski definition) is 3. The van der Waals surface area contributed by atoms with Crippen LogP contribution in [0, 0.1) is 0 Å². The molecule has 116 valence electrons. The van der Waals surface area contributed by atoms with Crippen molar-refractivity contribution in [2.75, 3.05) is 26.2 Å². The van der Waals surface area contributed by atoms with Crippen molar-refractivity contribution >= 4 is 24.2 Å². The van der Waals surface area contributed by atoms with Gasteiger partial charge in [0.05, 0.1) is 6.54 Å². The average Bonchev–Trinajstić information content (AvgIpc) is 2.39. The topological polar surface area (TPSA) is 66.6 Å². The van der Waals surface area contributed by atoms with Crippen molar-refractivity contribution in [2.24, 2.45) is 5.73 Å². The van der Waals surface area contributed by atoms with Gasteiger partial charge in [0.25, 0.3) is 0 Å². The molecule has 2 N–H and O–H groups in total. The van der Waals surface area contributed by atoms with Crippen molar-refractivity contribution in [1.29, 1.82) is 0 Å². The summed E-state index contributed by atoms with van der Waals surface area (Å²) in [4.78, 5) is 27.8. The normalized spacial score (nSPS) is 21.9. The van der Waals surface area contributed by atoms with Crippen LogP contribution in [0.3, 0.4) is 0 Å². The van der Waals surface area contributed by atoms with Crippen LogP contribution in [0.5, 0.6) is 0 Å². The minimum Gasteiger partial charge on any atom is -0.341 e. The van der Waals surface area contributed by atoms with Gasteiger partial charge in [-0.25, -0.2) is 0 Å². The van der Waals surface area contributed by atoms with Gasteiger partial charge in [-0.3, -0.25) is 9.59 Å². The van der Waals surface area contributed by atoms with Gasteiger partial charge < -0.3 is 15.5 Å². The van der Waals surface area contributed by atoms with Crippen LogP contribution in [0.15, 0.2) is 0 Å². The zero-order chi connectivity index (χ0) is 13.7. The number of halogens is 1. The SMILES string of the molecule is Cl.NC1CCN(C(=O)CN2CCCCCCC2=O)CC1. The van der Waals surface area contributed by atoms with Crippen molar-refractivity contribution in [3.63, 3.8) is 0 Å². The van der Waals surface area contributed by atoms with Crippen molar-refractivity contribution in [2.45, 2.75) is 51.0 Å². The summed E-state index contributed by atoms with van der Waals surface area (Å²) in [5.41, 5.74) is 5.84. The highest BCUT2D eigenvalue weighted by Gasteiger charge is 2.24. The van der Waals surface area contributed by atoms with Gasteiger partial charge in [0.2, 0.25) is 11.8 Å². The molecule has 2 heterocycles. The van der Waals surface area contributed by atoms with Crippen LogP contribution in [0.4, 0.5) is 0 Å². The standard InChI is InChI=1S/C14H25N3O2.ClH/c15-12-6-9-16(10-7-12)14(19)11-17-8-4-2-1-3-5-13(17)18;/h12H,1-11,15H2;1H. The van der Waals surface area contributed by atoms with Gasteiger partial charge >= 0.3 is 0 Å². The van der Waals surface area contributed by atoms with E-state index in [1.165, 1.54) is 0 Å². The molecule has 0 aromatic carbocycles. The Bertz CT molecular complexity index is 330. The Morgan fingerprint density at radius 3 is 2.45 bits per heavy atom. The maximum atomic E-state index is 12.2. The molecule has 0 bridgehead atoms. The smallest absolute Gasteiger partial charge is 0.242 e. The number of nitrogens with two attached hydrogens (primary N) is 1. The molecule has 0 spiro atoms. The van der Waals surface area contributed by atoms with E-state index in [2.05, 4.69) is 0 Å². The first-order valence-corrected chi connectivity index (χ1v) is 7.48. The van der Waals surface area contributed by atoms with E-state index in [0.29, 0.717) is 6.42 Å². The monoisotopic (exact) mass is 303 g/mol. The van der Waals surface area contributed by atoms with Gasteiger partial charge in [-0.15, -0.1) is 12.4 Å². The molecule has 2 saturated heterocycles. The van der Waals surface area contributed by atoms with Crippen LogP contribution < -0.4 is 5.73 Å². The Morgan fingerprint density at radius 1 is 1.10 bits per heavy atom. The first kappa shape index (κ1) is 17.2. The quantitative estimate of drug-likeness (QED) is 0.832. The second-order valence-corrected chi connectivity index (χ2v) is 5.70. The summed E-state index contributed by atoms with van der Waals surface area (Å²) in [6.07, 6.45) is 6.62. The maximum Gasteiger partial charge on any atom is 0.242 e. The Balaban J connectivity index is 0.00000200. The van der Waals surface area contributed by atoms with Crippen LogP contribution in [0.1, 0.15) is 44.9 Å². The zero-order valence-electron chi connectivity index (χ0n) is 12.1. The molecule has 0 aliphatic carbocycles. The number of nitrogens with zero attached hydrogens (tertiary/aromatic N) is 2. The van der Waals surface area contributed by atoms with E-state index in [0.717, 1.165) is 58.2 Å². The third-order valence-corrected chi connectivity index (χ3v) is 4.14. The maximum absolute atomic E-state index is 12.2. The molecule has 0 atom stereocenters. The summed E-state index contributed by atoms with van der Waals surface area (Å²) in [6, 6.07) is 0.229. The lowest BCUT2D eigenvalue weighted by Gasteiger charge is -2.32. The number of rotatable bonds is 2. The highest BCUT2D eigenvalue weighted by Crippen LogP contribution is 2.13. The molecule has 2 amide bonds. The fourth-order valence-electron chi connectivity index (χ4n) is 2.79. The van der Waals surface area contributed by atoms with Crippen LogP contribution in [0.25, 0.3) is 0 Å². The van der Waals surface area contributed by atoms with Gasteiger partial charge in [0.1, 0.15) is 0 Å². The van der Waals surface area contributed by atoms with Gasteiger partial charge in [-0.05, 0) is 25.7 Å². The van der Waals surface area contributed by atoms with Crippen molar-refractivity contribution in [1.82, 2.24) is 9.80 Å². The summed E-state index contributed by atoms with van der Waals surface area (Å²) in [5.74, 6) is 0.225. The minimum absolute atomic E-state index is 0. The van der Waals surface area contributed by atoms with Crippen LogP contribution in [-0.2, 0) is 9.59 Å². The fraction of sp³-hybridized carbons (Fsp3) is 0.857. The van der Waals surface area contributed by atoms with E-state index in [4.69, 9.17) is 5.73 Å². The first-order valence-electron chi connectivity index (χ1n) is 7.48. The fourth-order valence-corrected chi connectivity index (χ4v) is 2.79. The molecule has 2 aliphatic heterocycles. The number of piperidine rings is 1. The average molecular weight is 304 g/mol. The lowest BCUT2D eigenvalue weighted by molar-refractivity contribution is -0.141. The van der Waals surface area contributed by atoms with Gasteiger partial charge in [0.15, 0.2) is 0 Å². The van der Waals surface area contributed by atoms with Gasteiger partial charge in [0, 0.05) is 32.1 Å². The molecule has 0 unspecified atom stereocenters. The summed E-state index contributed by atoms with van der Waals surface area (Å²) >= 11 is 0. The van der Waals surface area contributed by atoms with E-state index in [9.17, 15) is 9.59 Å². The van der Waals surface area contributed by atoms with E-state index >= 15 is 0 Å². The highest BCUT2D eigenvalue weighted by molar-refractivity contribution is 5.85. The molecule has 0 aromatic heterocycles. The Kier molecular flexibility index (Phi) is 7.30. The molecule has 0 aromatic rings. The van der Waals surface area contributed by atoms with Crippen molar-refractivity contribution < 1.29 is 9.59 Å². The lowest BCUT2D eigenvalue weighted by Crippen LogP contribution is -2.48. The third-order valence-electron chi connectivity index (χ3n) is 4.14. The third kappa shape index (κ3) is 4.94.